The molecule has 28 heavy (non-hydrogen) atoms. The first-order valence-corrected chi connectivity index (χ1v) is 10.4. The molecule has 1 aliphatic rings. The molecule has 2 aromatic carbocycles. The number of ether oxygens (including phenoxy) is 1. The fourth-order valence-electron chi connectivity index (χ4n) is 3.32. The molecule has 1 aliphatic carbocycles. The molecule has 3 rings (SSSR count). The topological polar surface area (TPSA) is 67.4 Å². The van der Waals surface area contributed by atoms with E-state index in [1.807, 2.05) is 12.1 Å². The van der Waals surface area contributed by atoms with Gasteiger partial charge in [-0.05, 0) is 73.3 Å². The molecule has 9 heteroatoms. The minimum absolute atomic E-state index is 0.146. The van der Waals surface area contributed by atoms with Crippen LogP contribution in [0.25, 0.3) is 0 Å². The lowest BCUT2D eigenvalue weighted by molar-refractivity contribution is -0.274. The van der Waals surface area contributed by atoms with Crippen LogP contribution in [0.2, 0.25) is 0 Å². The van der Waals surface area contributed by atoms with Crippen LogP contribution in [-0.2, 0) is 22.9 Å². The van der Waals surface area contributed by atoms with Crippen LogP contribution in [0.1, 0.15) is 24.5 Å². The lowest BCUT2D eigenvalue weighted by atomic mass is 9.88. The highest BCUT2D eigenvalue weighted by Gasteiger charge is 2.31. The first-order valence-electron chi connectivity index (χ1n) is 8.90. The van der Waals surface area contributed by atoms with E-state index in [-0.39, 0.29) is 4.90 Å². The highest BCUT2D eigenvalue weighted by Crippen LogP contribution is 2.27. The number of anilines is 1. The highest BCUT2D eigenvalue weighted by atomic mass is 32.2. The van der Waals surface area contributed by atoms with E-state index in [0.717, 1.165) is 55.6 Å². The molecule has 0 saturated heterocycles. The second-order valence-corrected chi connectivity index (χ2v) is 8.29. The summed E-state index contributed by atoms with van der Waals surface area (Å²) in [6.45, 7) is 2.97. The van der Waals surface area contributed by atoms with Gasteiger partial charge < -0.3 is 10.1 Å². The van der Waals surface area contributed by atoms with Crippen molar-refractivity contribution in [1.82, 2.24) is 5.32 Å². The van der Waals surface area contributed by atoms with Crippen LogP contribution in [0.3, 0.4) is 0 Å². The molecule has 0 aliphatic heterocycles. The molecule has 0 bridgehead atoms. The SMILES string of the molecule is CCN[C@H]1CCc2cc(NS(=O)(=O)c3ccc(OC(F)(F)F)cc3)ccc2C1. The van der Waals surface area contributed by atoms with E-state index in [0.29, 0.717) is 11.7 Å². The number of likely N-dealkylation sites (N-methyl/N-ethyl adjacent to an activating group) is 1. The molecular formula is C19H21F3N2O3S. The fourth-order valence-corrected chi connectivity index (χ4v) is 4.37. The van der Waals surface area contributed by atoms with E-state index < -0.39 is 22.1 Å². The molecule has 0 aromatic heterocycles. The molecule has 0 heterocycles. The van der Waals surface area contributed by atoms with Crippen molar-refractivity contribution in [2.75, 3.05) is 11.3 Å². The number of fused-ring (bicyclic) bond motifs is 1. The van der Waals surface area contributed by atoms with Gasteiger partial charge in [0.25, 0.3) is 10.0 Å². The lowest BCUT2D eigenvalue weighted by Crippen LogP contribution is -2.34. The summed E-state index contributed by atoms with van der Waals surface area (Å²) in [6.07, 6.45) is -2.09. The maximum Gasteiger partial charge on any atom is 0.573 e. The second kappa shape index (κ2) is 8.00. The van der Waals surface area contributed by atoms with Crippen LogP contribution in [0.15, 0.2) is 47.4 Å². The Hall–Kier alpha value is -2.26. The van der Waals surface area contributed by atoms with Crippen LogP contribution in [0, 0.1) is 0 Å². The molecular weight excluding hydrogens is 393 g/mol. The first kappa shape index (κ1) is 20.5. The van der Waals surface area contributed by atoms with Crippen molar-refractivity contribution in [3.63, 3.8) is 0 Å². The third-order valence-corrected chi connectivity index (χ3v) is 5.94. The van der Waals surface area contributed by atoms with Crippen molar-refractivity contribution in [1.29, 1.82) is 0 Å². The monoisotopic (exact) mass is 414 g/mol. The summed E-state index contributed by atoms with van der Waals surface area (Å²) in [6, 6.07) is 9.94. The summed E-state index contributed by atoms with van der Waals surface area (Å²) in [5.41, 5.74) is 2.72. The number of hydrogen-bond donors (Lipinski definition) is 2. The Morgan fingerprint density at radius 2 is 1.82 bits per heavy atom. The van der Waals surface area contributed by atoms with E-state index in [1.54, 1.807) is 6.07 Å². The minimum atomic E-state index is -4.83. The van der Waals surface area contributed by atoms with Crippen molar-refractivity contribution in [2.24, 2.45) is 0 Å². The average molecular weight is 414 g/mol. The molecule has 2 N–H and O–H groups in total. The zero-order valence-electron chi connectivity index (χ0n) is 15.2. The van der Waals surface area contributed by atoms with Gasteiger partial charge >= 0.3 is 6.36 Å². The number of benzene rings is 2. The summed E-state index contributed by atoms with van der Waals surface area (Å²) in [7, 11) is -3.92. The first-order chi connectivity index (χ1) is 13.2. The summed E-state index contributed by atoms with van der Waals surface area (Å²) in [4.78, 5) is -0.146. The normalized spacial score (nSPS) is 17.1. The van der Waals surface area contributed by atoms with Crippen LogP contribution in [0.5, 0.6) is 5.75 Å². The Balaban J connectivity index is 1.72. The second-order valence-electron chi connectivity index (χ2n) is 6.61. The van der Waals surface area contributed by atoms with E-state index >= 15 is 0 Å². The van der Waals surface area contributed by atoms with Crippen molar-refractivity contribution >= 4 is 15.7 Å². The van der Waals surface area contributed by atoms with Gasteiger partial charge in [0.15, 0.2) is 0 Å². The number of alkyl halides is 3. The van der Waals surface area contributed by atoms with Gasteiger partial charge in [0.05, 0.1) is 4.90 Å². The molecule has 152 valence electrons. The van der Waals surface area contributed by atoms with Crippen molar-refractivity contribution < 1.29 is 26.3 Å². The molecule has 0 fully saturated rings. The number of aryl methyl sites for hydroxylation is 1. The van der Waals surface area contributed by atoms with Gasteiger partial charge in [0.2, 0.25) is 0 Å². The van der Waals surface area contributed by atoms with E-state index in [9.17, 15) is 21.6 Å². The maximum atomic E-state index is 12.5. The van der Waals surface area contributed by atoms with Gasteiger partial charge in [-0.25, -0.2) is 8.42 Å². The van der Waals surface area contributed by atoms with Gasteiger partial charge in [-0.1, -0.05) is 13.0 Å². The summed E-state index contributed by atoms with van der Waals surface area (Å²) < 4.78 is 67.9. The number of sulfonamides is 1. The maximum absolute atomic E-state index is 12.5. The molecule has 2 aromatic rings. The Morgan fingerprint density at radius 1 is 1.11 bits per heavy atom. The Bertz CT molecular complexity index is 928. The number of halogens is 3. The summed E-state index contributed by atoms with van der Waals surface area (Å²) >= 11 is 0. The van der Waals surface area contributed by atoms with E-state index in [2.05, 4.69) is 21.7 Å². The highest BCUT2D eigenvalue weighted by molar-refractivity contribution is 7.92. The number of hydrogen-bond acceptors (Lipinski definition) is 4. The lowest BCUT2D eigenvalue weighted by Gasteiger charge is -2.25. The predicted molar refractivity (Wildman–Crippen MR) is 99.9 cm³/mol. The Morgan fingerprint density at radius 3 is 2.46 bits per heavy atom. The fraction of sp³-hybridized carbons (Fsp3) is 0.368. The smallest absolute Gasteiger partial charge is 0.406 e. The summed E-state index contributed by atoms with van der Waals surface area (Å²) in [5, 5.41) is 3.43. The average Bonchev–Trinajstić information content (AvgIpc) is 2.61. The number of nitrogens with one attached hydrogen (secondary N) is 2. The van der Waals surface area contributed by atoms with Crippen molar-refractivity contribution in [2.45, 2.75) is 43.5 Å². The Labute approximate surface area is 162 Å². The zero-order chi connectivity index (χ0) is 20.4. The van der Waals surface area contributed by atoms with Crippen molar-refractivity contribution in [3.8, 4) is 5.75 Å². The zero-order valence-corrected chi connectivity index (χ0v) is 16.0. The molecule has 5 nitrogen and oxygen atoms in total. The van der Waals surface area contributed by atoms with Crippen LogP contribution in [-0.4, -0.2) is 27.4 Å². The van der Waals surface area contributed by atoms with Crippen LogP contribution < -0.4 is 14.8 Å². The van der Waals surface area contributed by atoms with Gasteiger partial charge in [0, 0.05) is 11.7 Å². The van der Waals surface area contributed by atoms with Gasteiger partial charge in [0.1, 0.15) is 5.75 Å². The third kappa shape index (κ3) is 5.17. The molecule has 0 spiro atoms. The molecule has 0 saturated carbocycles. The standard InChI is InChI=1S/C19H21F3N2O3S/c1-2-23-15-5-3-14-12-16(6-4-13(14)11-15)24-28(25,26)18-9-7-17(8-10-18)27-19(20,21)22/h4,6-10,12,15,23-24H,2-3,5,11H2,1H3/t15-/m0/s1. The minimum Gasteiger partial charge on any atom is -0.406 e. The van der Waals surface area contributed by atoms with Gasteiger partial charge in [-0.3, -0.25) is 4.72 Å². The molecule has 0 amide bonds. The van der Waals surface area contributed by atoms with Gasteiger partial charge in [-0.2, -0.15) is 0 Å². The third-order valence-electron chi connectivity index (χ3n) is 4.55. The number of rotatable bonds is 6. The largest absolute Gasteiger partial charge is 0.573 e. The molecule has 1 atom stereocenters. The van der Waals surface area contributed by atoms with E-state index in [1.165, 1.54) is 5.56 Å². The molecule has 0 radical (unpaired) electrons. The van der Waals surface area contributed by atoms with Gasteiger partial charge in [-0.15, -0.1) is 13.2 Å². The Kier molecular flexibility index (Phi) is 5.85. The van der Waals surface area contributed by atoms with Crippen LogP contribution in [0.4, 0.5) is 18.9 Å². The predicted octanol–water partition coefficient (Wildman–Crippen LogP) is 3.85. The van der Waals surface area contributed by atoms with Crippen molar-refractivity contribution in [3.05, 3.63) is 53.6 Å². The van der Waals surface area contributed by atoms with Crippen LogP contribution >= 0.6 is 0 Å². The molecule has 0 unspecified atom stereocenters. The quantitative estimate of drug-likeness (QED) is 0.754. The van der Waals surface area contributed by atoms with E-state index in [4.69, 9.17) is 0 Å². The summed E-state index contributed by atoms with van der Waals surface area (Å²) in [5.74, 6) is -0.476.